The van der Waals surface area contributed by atoms with Gasteiger partial charge in [-0.05, 0) is 6.07 Å². The number of aromatic hydroxyl groups is 3. The Balaban J connectivity index is 1.61. The van der Waals surface area contributed by atoms with E-state index in [0.29, 0.717) is 0 Å². The number of hydrogen-bond acceptors (Lipinski definition) is 12. The molecule has 1 saturated heterocycles. The smallest absolute Gasteiger partial charge is 0.348 e. The molecule has 0 amide bonds. The van der Waals surface area contributed by atoms with Crippen LogP contribution in [0.5, 0.6) is 23.0 Å². The van der Waals surface area contributed by atoms with E-state index in [2.05, 4.69) is 0 Å². The molecule has 0 spiro atoms. The number of fused-ring (bicyclic) bond motifs is 5. The fraction of sp³-hybridized carbons (Fsp3) is 0.286. The van der Waals surface area contributed by atoms with Crippen LogP contribution in [-0.4, -0.2) is 73.1 Å². The maximum atomic E-state index is 12.6. The lowest BCUT2D eigenvalue weighted by Gasteiger charge is -2.39. The van der Waals surface area contributed by atoms with Gasteiger partial charge in [-0.25, -0.2) is 4.79 Å². The number of benzene rings is 2. The van der Waals surface area contributed by atoms with Gasteiger partial charge in [-0.15, -0.1) is 0 Å². The number of rotatable bonds is 3. The van der Waals surface area contributed by atoms with Crippen molar-refractivity contribution in [3.05, 3.63) is 34.7 Å². The Kier molecular flexibility index (Phi) is 4.84. The maximum Gasteiger partial charge on any atom is 0.348 e. The summed E-state index contributed by atoms with van der Waals surface area (Å²) >= 11 is 0. The van der Waals surface area contributed by atoms with Crippen molar-refractivity contribution < 1.29 is 54.1 Å². The van der Waals surface area contributed by atoms with Crippen molar-refractivity contribution in [1.29, 1.82) is 0 Å². The average Bonchev–Trinajstić information content (AvgIpc) is 3.12. The first-order valence-electron chi connectivity index (χ1n) is 9.74. The Morgan fingerprint density at radius 2 is 1.55 bits per heavy atom. The highest BCUT2D eigenvalue weighted by atomic mass is 16.7. The van der Waals surface area contributed by atoms with E-state index in [9.17, 15) is 40.5 Å². The second-order valence-corrected chi connectivity index (χ2v) is 7.66. The van der Waals surface area contributed by atoms with E-state index in [1.165, 1.54) is 6.07 Å². The summed E-state index contributed by atoms with van der Waals surface area (Å²) in [5, 5.41) is 69.4. The van der Waals surface area contributed by atoms with Crippen LogP contribution in [0, 0.1) is 0 Å². The molecule has 0 unspecified atom stereocenters. The molecule has 12 heteroatoms. The van der Waals surface area contributed by atoms with E-state index in [-0.39, 0.29) is 38.7 Å². The monoisotopic (exact) mass is 462 g/mol. The number of aliphatic hydroxyl groups is 4. The Morgan fingerprint density at radius 1 is 0.818 bits per heavy atom. The molecule has 174 valence electrons. The molecule has 12 nitrogen and oxygen atoms in total. The number of ether oxygens (including phenoxy) is 2. The van der Waals surface area contributed by atoms with Crippen molar-refractivity contribution in [3.8, 4) is 23.0 Å². The van der Waals surface area contributed by atoms with Crippen LogP contribution in [-0.2, 0) is 4.74 Å². The molecule has 4 aromatic rings. The normalized spacial score (nSPS) is 25.8. The molecular formula is C21H18O12. The number of aliphatic hydroxyl groups excluding tert-OH is 4. The topological polar surface area (TPSA) is 203 Å². The minimum atomic E-state index is -1.69. The molecule has 5 rings (SSSR count). The summed E-state index contributed by atoms with van der Waals surface area (Å²) in [6, 6.07) is 4.57. The molecule has 3 heterocycles. The third-order valence-corrected chi connectivity index (χ3v) is 5.57. The van der Waals surface area contributed by atoms with Gasteiger partial charge in [0.15, 0.2) is 17.1 Å². The zero-order valence-corrected chi connectivity index (χ0v) is 16.6. The average molecular weight is 462 g/mol. The SMILES string of the molecule is O=c1oc2cc(O[C@@H]3O[C@H](CO)[C@@H](O)[C@H](O)[C@H]3O)cc(O)c2c2oc3cc(O)c(O)cc3c12. The van der Waals surface area contributed by atoms with Crippen molar-refractivity contribution >= 4 is 32.9 Å². The van der Waals surface area contributed by atoms with Gasteiger partial charge in [-0.1, -0.05) is 0 Å². The van der Waals surface area contributed by atoms with Crippen molar-refractivity contribution in [3.63, 3.8) is 0 Å². The zero-order chi connectivity index (χ0) is 23.6. The van der Waals surface area contributed by atoms with Gasteiger partial charge in [0, 0.05) is 23.6 Å². The Bertz CT molecular complexity index is 1430. The second kappa shape index (κ2) is 7.50. The highest BCUT2D eigenvalue weighted by Gasteiger charge is 2.44. The van der Waals surface area contributed by atoms with Crippen molar-refractivity contribution in [2.45, 2.75) is 30.7 Å². The minimum absolute atomic E-state index is 0.000863. The molecule has 1 aliphatic rings. The number of hydrogen-bond donors (Lipinski definition) is 7. The summed E-state index contributed by atoms with van der Waals surface area (Å²) in [5.41, 5.74) is -0.996. The summed E-state index contributed by atoms with van der Waals surface area (Å²) in [7, 11) is 0. The maximum absolute atomic E-state index is 12.6. The molecule has 0 saturated carbocycles. The molecule has 2 aromatic carbocycles. The van der Waals surface area contributed by atoms with Gasteiger partial charge < -0.3 is 54.1 Å². The molecule has 0 radical (unpaired) electrons. The first kappa shape index (κ1) is 21.3. The highest BCUT2D eigenvalue weighted by molar-refractivity contribution is 6.15. The lowest BCUT2D eigenvalue weighted by molar-refractivity contribution is -0.277. The number of phenolic OH excluding ortho intramolecular Hbond substituents is 3. The lowest BCUT2D eigenvalue weighted by atomic mass is 9.99. The predicted octanol–water partition coefficient (Wildman–Crippen LogP) is -0.0121. The highest BCUT2D eigenvalue weighted by Crippen LogP contribution is 2.41. The molecule has 5 atom stereocenters. The van der Waals surface area contributed by atoms with Gasteiger partial charge in [-0.3, -0.25) is 0 Å². The van der Waals surface area contributed by atoms with Crippen LogP contribution < -0.4 is 10.4 Å². The first-order chi connectivity index (χ1) is 15.7. The van der Waals surface area contributed by atoms with Crippen molar-refractivity contribution in [2.75, 3.05) is 6.61 Å². The second-order valence-electron chi connectivity index (χ2n) is 7.66. The standard InChI is InChI=1S/C21H18O12/c22-5-13-16(26)17(27)18(28)21(33-13)30-6-1-10(25)15-12(2-6)32-20(29)14-7-3-8(23)9(24)4-11(7)31-19(14)15/h1-4,13,16-18,21-28H,5H2/t13-,16-,17+,18-,21-/m1/s1. The van der Waals surface area contributed by atoms with Gasteiger partial charge in [0.1, 0.15) is 57.9 Å². The van der Waals surface area contributed by atoms with Gasteiger partial charge in [0.2, 0.25) is 6.29 Å². The van der Waals surface area contributed by atoms with Crippen LogP contribution in [0.25, 0.3) is 32.9 Å². The number of phenols is 3. The molecule has 0 bridgehead atoms. The number of furan rings is 1. The Labute approximate surface area is 182 Å². The summed E-state index contributed by atoms with van der Waals surface area (Å²) in [6.07, 6.45) is -7.66. The van der Waals surface area contributed by atoms with Crippen LogP contribution >= 0.6 is 0 Å². The van der Waals surface area contributed by atoms with Gasteiger partial charge in [-0.2, -0.15) is 0 Å². The fourth-order valence-electron chi connectivity index (χ4n) is 3.90. The van der Waals surface area contributed by atoms with E-state index in [0.717, 1.165) is 18.2 Å². The third-order valence-electron chi connectivity index (χ3n) is 5.57. The van der Waals surface area contributed by atoms with Gasteiger partial charge >= 0.3 is 5.63 Å². The predicted molar refractivity (Wildman–Crippen MR) is 109 cm³/mol. The van der Waals surface area contributed by atoms with Crippen LogP contribution in [0.2, 0.25) is 0 Å². The summed E-state index contributed by atoms with van der Waals surface area (Å²) in [6.45, 7) is -0.655. The van der Waals surface area contributed by atoms with Crippen LogP contribution in [0.3, 0.4) is 0 Å². The fourth-order valence-corrected chi connectivity index (χ4v) is 3.90. The van der Waals surface area contributed by atoms with E-state index in [1.54, 1.807) is 0 Å². The van der Waals surface area contributed by atoms with Gasteiger partial charge in [0.05, 0.1) is 6.61 Å². The zero-order valence-electron chi connectivity index (χ0n) is 16.6. The van der Waals surface area contributed by atoms with Crippen molar-refractivity contribution in [1.82, 2.24) is 0 Å². The molecule has 7 N–H and O–H groups in total. The summed E-state index contributed by atoms with van der Waals surface area (Å²) < 4.78 is 21.7. The Morgan fingerprint density at radius 3 is 2.27 bits per heavy atom. The Hall–Kier alpha value is -3.55. The minimum Gasteiger partial charge on any atom is -0.507 e. The van der Waals surface area contributed by atoms with Crippen molar-refractivity contribution in [2.24, 2.45) is 0 Å². The van der Waals surface area contributed by atoms with Crippen LogP contribution in [0.4, 0.5) is 0 Å². The first-order valence-corrected chi connectivity index (χ1v) is 9.74. The van der Waals surface area contributed by atoms with Gasteiger partial charge in [0.25, 0.3) is 0 Å². The molecule has 2 aromatic heterocycles. The summed E-state index contributed by atoms with van der Waals surface area (Å²) in [5.74, 6) is -1.50. The van der Waals surface area contributed by atoms with Crippen LogP contribution in [0.15, 0.2) is 37.9 Å². The van der Waals surface area contributed by atoms with E-state index in [4.69, 9.17) is 18.3 Å². The lowest BCUT2D eigenvalue weighted by Crippen LogP contribution is -2.60. The molecule has 1 aliphatic heterocycles. The molecule has 1 fully saturated rings. The molecule has 33 heavy (non-hydrogen) atoms. The molecule has 0 aliphatic carbocycles. The van der Waals surface area contributed by atoms with E-state index < -0.39 is 60.2 Å². The molecular weight excluding hydrogens is 444 g/mol. The summed E-state index contributed by atoms with van der Waals surface area (Å²) in [4.78, 5) is 12.6. The third kappa shape index (κ3) is 3.23. The quantitative estimate of drug-likeness (QED) is 0.159. The van der Waals surface area contributed by atoms with Crippen LogP contribution in [0.1, 0.15) is 0 Å². The van der Waals surface area contributed by atoms with E-state index in [1.807, 2.05) is 0 Å². The largest absolute Gasteiger partial charge is 0.507 e. The van der Waals surface area contributed by atoms with E-state index >= 15 is 0 Å².